The number of amides is 1. The summed E-state index contributed by atoms with van der Waals surface area (Å²) in [5.41, 5.74) is 0.219. The lowest BCUT2D eigenvalue weighted by molar-refractivity contribution is 0.0948. The number of likely N-dealkylation sites (N-methyl/N-ethyl adjacent to an activating group) is 1. The second kappa shape index (κ2) is 6.29. The van der Waals surface area contributed by atoms with Crippen LogP contribution in [-0.2, 0) is 0 Å². The lowest BCUT2D eigenvalue weighted by Gasteiger charge is -2.13. The van der Waals surface area contributed by atoms with Gasteiger partial charge in [0.15, 0.2) is 0 Å². The van der Waals surface area contributed by atoms with Crippen LogP contribution in [-0.4, -0.2) is 34.4 Å². The first kappa shape index (κ1) is 14.2. The Bertz CT molecular complexity index is 666. The molecule has 2 N–H and O–H groups in total. The maximum atomic E-state index is 12.2. The number of pyridine rings is 1. The molecule has 0 unspecified atom stereocenters. The minimum Gasteiger partial charge on any atom is -0.350 e. The third-order valence-corrected chi connectivity index (χ3v) is 2.98. The third-order valence-electron chi connectivity index (χ3n) is 2.98. The molecule has 2 heterocycles. The number of nitrogens with zero attached hydrogens (tertiary/aromatic N) is 2. The Morgan fingerprint density at radius 2 is 2.25 bits per heavy atom. The molecule has 0 bridgehead atoms. The first-order valence-electron chi connectivity index (χ1n) is 6.61. The average molecular weight is 274 g/mol. The van der Waals surface area contributed by atoms with Gasteiger partial charge >= 0.3 is 0 Å². The summed E-state index contributed by atoms with van der Waals surface area (Å²) in [7, 11) is 0. The summed E-state index contributed by atoms with van der Waals surface area (Å²) in [6.07, 6.45) is 2.92. The van der Waals surface area contributed by atoms with Crippen molar-refractivity contribution in [3.63, 3.8) is 0 Å². The van der Waals surface area contributed by atoms with Gasteiger partial charge in [-0.2, -0.15) is 0 Å². The fraction of sp³-hybridized carbons (Fsp3) is 0.357. The van der Waals surface area contributed by atoms with Crippen molar-refractivity contribution < 1.29 is 4.79 Å². The second-order valence-corrected chi connectivity index (χ2v) is 4.57. The lowest BCUT2D eigenvalue weighted by atomic mass is 10.2. The molecule has 0 spiro atoms. The molecule has 1 atom stereocenters. The summed E-state index contributed by atoms with van der Waals surface area (Å²) in [6.45, 7) is 5.26. The van der Waals surface area contributed by atoms with Crippen molar-refractivity contribution in [3.05, 3.63) is 46.5 Å². The zero-order chi connectivity index (χ0) is 14.5. The first-order valence-corrected chi connectivity index (χ1v) is 6.61. The van der Waals surface area contributed by atoms with Gasteiger partial charge in [-0.25, -0.2) is 4.98 Å². The van der Waals surface area contributed by atoms with Gasteiger partial charge in [0, 0.05) is 25.0 Å². The van der Waals surface area contributed by atoms with Gasteiger partial charge in [-0.15, -0.1) is 0 Å². The summed E-state index contributed by atoms with van der Waals surface area (Å²) < 4.78 is 1.36. The minimum atomic E-state index is -0.398. The van der Waals surface area contributed by atoms with E-state index in [1.54, 1.807) is 24.4 Å². The fourth-order valence-electron chi connectivity index (χ4n) is 1.94. The molecule has 6 nitrogen and oxygen atoms in total. The maximum absolute atomic E-state index is 12.2. The van der Waals surface area contributed by atoms with E-state index in [9.17, 15) is 9.59 Å². The predicted octanol–water partition coefficient (Wildman–Crippen LogP) is 0.422. The van der Waals surface area contributed by atoms with Gasteiger partial charge in [0.25, 0.3) is 11.5 Å². The third kappa shape index (κ3) is 3.03. The lowest BCUT2D eigenvalue weighted by Crippen LogP contribution is -2.40. The van der Waals surface area contributed by atoms with Gasteiger partial charge in [-0.05, 0) is 25.6 Å². The SMILES string of the molecule is CCN[C@H](C)CNC(=O)c1cnc2ccccn2c1=O. The van der Waals surface area contributed by atoms with Gasteiger partial charge in [-0.1, -0.05) is 13.0 Å². The van der Waals surface area contributed by atoms with E-state index < -0.39 is 5.91 Å². The van der Waals surface area contributed by atoms with Crippen molar-refractivity contribution >= 4 is 11.6 Å². The van der Waals surface area contributed by atoms with E-state index in [0.29, 0.717) is 12.2 Å². The Morgan fingerprint density at radius 1 is 1.45 bits per heavy atom. The molecule has 6 heteroatoms. The molecule has 0 aromatic carbocycles. The van der Waals surface area contributed by atoms with Gasteiger partial charge in [0.05, 0.1) is 0 Å². The highest BCUT2D eigenvalue weighted by molar-refractivity contribution is 5.93. The Morgan fingerprint density at radius 3 is 3.00 bits per heavy atom. The molecule has 0 aliphatic heterocycles. The molecule has 0 aliphatic carbocycles. The molecular weight excluding hydrogens is 256 g/mol. The highest BCUT2D eigenvalue weighted by atomic mass is 16.2. The van der Waals surface area contributed by atoms with Crippen LogP contribution in [0.1, 0.15) is 24.2 Å². The van der Waals surface area contributed by atoms with E-state index in [4.69, 9.17) is 0 Å². The zero-order valence-corrected chi connectivity index (χ0v) is 11.6. The Labute approximate surface area is 116 Å². The maximum Gasteiger partial charge on any atom is 0.270 e. The normalized spacial score (nSPS) is 12.3. The zero-order valence-electron chi connectivity index (χ0n) is 11.6. The van der Waals surface area contributed by atoms with Crippen LogP contribution in [0.3, 0.4) is 0 Å². The molecule has 1 amide bonds. The fourth-order valence-corrected chi connectivity index (χ4v) is 1.94. The van der Waals surface area contributed by atoms with E-state index in [2.05, 4.69) is 15.6 Å². The van der Waals surface area contributed by atoms with Crippen molar-refractivity contribution in [1.29, 1.82) is 0 Å². The summed E-state index contributed by atoms with van der Waals surface area (Å²) in [4.78, 5) is 28.3. The highest BCUT2D eigenvalue weighted by Crippen LogP contribution is 1.97. The predicted molar refractivity (Wildman–Crippen MR) is 76.9 cm³/mol. The minimum absolute atomic E-state index is 0.0531. The van der Waals surface area contributed by atoms with Gasteiger partial charge < -0.3 is 10.6 Å². The van der Waals surface area contributed by atoms with E-state index in [1.807, 2.05) is 13.8 Å². The van der Waals surface area contributed by atoms with Crippen LogP contribution in [0.4, 0.5) is 0 Å². The smallest absolute Gasteiger partial charge is 0.270 e. The van der Waals surface area contributed by atoms with Gasteiger partial charge in [0.2, 0.25) is 0 Å². The van der Waals surface area contributed by atoms with E-state index in [-0.39, 0.29) is 17.2 Å². The molecule has 0 fully saturated rings. The topological polar surface area (TPSA) is 75.5 Å². The molecule has 0 aliphatic rings. The first-order chi connectivity index (χ1) is 9.63. The molecule has 20 heavy (non-hydrogen) atoms. The van der Waals surface area contributed by atoms with Crippen molar-refractivity contribution in [1.82, 2.24) is 20.0 Å². The molecule has 2 aromatic heterocycles. The average Bonchev–Trinajstić information content (AvgIpc) is 2.46. The van der Waals surface area contributed by atoms with Crippen LogP contribution in [0.5, 0.6) is 0 Å². The monoisotopic (exact) mass is 274 g/mol. The Hall–Kier alpha value is -2.21. The molecule has 0 saturated carbocycles. The van der Waals surface area contributed by atoms with E-state index in [1.165, 1.54) is 10.6 Å². The quantitative estimate of drug-likeness (QED) is 0.828. The number of hydrogen-bond donors (Lipinski definition) is 2. The molecule has 2 rings (SSSR count). The van der Waals surface area contributed by atoms with Crippen molar-refractivity contribution in [2.24, 2.45) is 0 Å². The van der Waals surface area contributed by atoms with Crippen LogP contribution < -0.4 is 16.2 Å². The van der Waals surface area contributed by atoms with E-state index >= 15 is 0 Å². The summed E-state index contributed by atoms with van der Waals surface area (Å²) in [5, 5.41) is 5.92. The Kier molecular flexibility index (Phi) is 4.47. The highest BCUT2D eigenvalue weighted by Gasteiger charge is 2.13. The standard InChI is InChI=1S/C14H18N4O2/c1-3-15-10(2)8-17-13(19)11-9-16-12-6-4-5-7-18(12)14(11)20/h4-7,9-10,15H,3,8H2,1-2H3,(H,17,19)/t10-/m1/s1. The molecule has 106 valence electrons. The van der Waals surface area contributed by atoms with E-state index in [0.717, 1.165) is 6.54 Å². The molecular formula is C14H18N4O2. The van der Waals surface area contributed by atoms with Crippen molar-refractivity contribution in [3.8, 4) is 0 Å². The van der Waals surface area contributed by atoms with Crippen molar-refractivity contribution in [2.75, 3.05) is 13.1 Å². The van der Waals surface area contributed by atoms with Crippen LogP contribution in [0, 0.1) is 0 Å². The number of rotatable bonds is 5. The second-order valence-electron chi connectivity index (χ2n) is 4.57. The number of carbonyl (C=O) groups excluding carboxylic acids is 1. The Balaban J connectivity index is 2.18. The molecule has 0 radical (unpaired) electrons. The largest absolute Gasteiger partial charge is 0.350 e. The van der Waals surface area contributed by atoms with Gasteiger partial charge in [-0.3, -0.25) is 14.0 Å². The number of fused-ring (bicyclic) bond motifs is 1. The van der Waals surface area contributed by atoms with Crippen molar-refractivity contribution in [2.45, 2.75) is 19.9 Å². The van der Waals surface area contributed by atoms with Gasteiger partial charge in [0.1, 0.15) is 11.2 Å². The van der Waals surface area contributed by atoms with Crippen LogP contribution >= 0.6 is 0 Å². The summed E-state index contributed by atoms with van der Waals surface area (Å²) in [6, 6.07) is 5.39. The number of nitrogens with one attached hydrogen (secondary N) is 2. The summed E-state index contributed by atoms with van der Waals surface area (Å²) >= 11 is 0. The number of hydrogen-bond acceptors (Lipinski definition) is 4. The molecule has 2 aromatic rings. The van der Waals surface area contributed by atoms with Crippen LogP contribution in [0.15, 0.2) is 35.4 Å². The summed E-state index contributed by atoms with van der Waals surface area (Å²) in [5.74, 6) is -0.398. The van der Waals surface area contributed by atoms with Crippen LogP contribution in [0.25, 0.3) is 5.65 Å². The van der Waals surface area contributed by atoms with Crippen LogP contribution in [0.2, 0.25) is 0 Å². The molecule has 0 saturated heterocycles. The number of aromatic nitrogens is 2. The number of carbonyl (C=O) groups is 1.